The molecule has 0 aromatic rings. The zero-order chi connectivity index (χ0) is 24.5. The van der Waals surface area contributed by atoms with Gasteiger partial charge in [-0.05, 0) is 114 Å². The molecule has 0 N–H and O–H groups in total. The molecular weight excluding hydrogens is 434 g/mol. The smallest absolute Gasteiger partial charge is 0.126 e. The zero-order valence-corrected chi connectivity index (χ0v) is 25.9. The molecule has 10 unspecified atom stereocenters. The number of rotatable bonds is 4. The fourth-order valence-corrected chi connectivity index (χ4v) is 20.3. The molecule has 4 aliphatic rings. The molecule has 4 fully saturated rings. The van der Waals surface area contributed by atoms with Crippen molar-refractivity contribution >= 4 is 20.0 Å². The van der Waals surface area contributed by atoms with Crippen molar-refractivity contribution in [2.75, 3.05) is 0 Å². The zero-order valence-electron chi connectivity index (χ0n) is 24.1. The SMILES string of the molecule is CCC1CCCC2C1SC1C(CC)CC3CC(C)C([Si](C)(C)N(C(C)(C)C)C(C)(C)C)C3C21. The average Bonchev–Trinajstić information content (AvgIpc) is 3.21. The summed E-state index contributed by atoms with van der Waals surface area (Å²) in [5.41, 5.74) is 1.42. The van der Waals surface area contributed by atoms with Crippen LogP contribution < -0.4 is 0 Å². The molecule has 33 heavy (non-hydrogen) atoms. The lowest BCUT2D eigenvalue weighted by Crippen LogP contribution is -2.68. The molecule has 0 bridgehead atoms. The maximum absolute atomic E-state index is 3.06. The summed E-state index contributed by atoms with van der Waals surface area (Å²) in [6, 6.07) is 0. The van der Waals surface area contributed by atoms with Crippen molar-refractivity contribution in [1.82, 2.24) is 4.57 Å². The minimum Gasteiger partial charge on any atom is -0.314 e. The highest BCUT2D eigenvalue weighted by molar-refractivity contribution is 8.00. The molecule has 1 heterocycles. The van der Waals surface area contributed by atoms with E-state index in [0.717, 1.165) is 57.5 Å². The van der Waals surface area contributed by atoms with Gasteiger partial charge in [-0.2, -0.15) is 11.8 Å². The van der Waals surface area contributed by atoms with Crippen molar-refractivity contribution in [1.29, 1.82) is 0 Å². The number of hydrogen-bond donors (Lipinski definition) is 0. The molecule has 0 spiro atoms. The van der Waals surface area contributed by atoms with Crippen molar-refractivity contribution < 1.29 is 0 Å². The first-order valence-electron chi connectivity index (χ1n) is 14.7. The van der Waals surface area contributed by atoms with E-state index in [1.54, 1.807) is 12.8 Å². The fraction of sp³-hybridized carbons (Fsp3) is 1.00. The van der Waals surface area contributed by atoms with Crippen molar-refractivity contribution in [3.8, 4) is 0 Å². The monoisotopic (exact) mass is 491 g/mol. The molecule has 3 saturated carbocycles. The van der Waals surface area contributed by atoms with Crippen LogP contribution in [-0.4, -0.2) is 34.4 Å². The number of fused-ring (bicyclic) bond motifs is 5. The topological polar surface area (TPSA) is 3.24 Å². The van der Waals surface area contributed by atoms with E-state index in [2.05, 4.69) is 91.7 Å². The maximum atomic E-state index is 3.06. The van der Waals surface area contributed by atoms with Crippen LogP contribution in [0.4, 0.5) is 0 Å². The third-order valence-electron chi connectivity index (χ3n) is 10.7. The Hall–Kier alpha value is 0.527. The second-order valence-electron chi connectivity index (χ2n) is 15.2. The molecule has 192 valence electrons. The normalized spacial score (nSPS) is 44.0. The Morgan fingerprint density at radius 1 is 0.818 bits per heavy atom. The summed E-state index contributed by atoms with van der Waals surface area (Å²) in [6.07, 6.45) is 10.5. The number of thioether (sulfide) groups is 1. The summed E-state index contributed by atoms with van der Waals surface area (Å²) in [6.45, 7) is 28.2. The Kier molecular flexibility index (Phi) is 7.35. The minimum atomic E-state index is -1.69. The van der Waals surface area contributed by atoms with Gasteiger partial charge in [0.05, 0.1) is 0 Å². The van der Waals surface area contributed by atoms with Crippen LogP contribution in [0.15, 0.2) is 0 Å². The predicted octanol–water partition coefficient (Wildman–Crippen LogP) is 9.09. The van der Waals surface area contributed by atoms with E-state index in [9.17, 15) is 0 Å². The second kappa shape index (κ2) is 9.12. The Labute approximate surface area is 213 Å². The van der Waals surface area contributed by atoms with Crippen molar-refractivity contribution in [3.05, 3.63) is 0 Å². The van der Waals surface area contributed by atoms with Crippen LogP contribution in [0.25, 0.3) is 0 Å². The van der Waals surface area contributed by atoms with E-state index in [1.165, 1.54) is 32.1 Å². The van der Waals surface area contributed by atoms with Gasteiger partial charge >= 0.3 is 0 Å². The lowest BCUT2D eigenvalue weighted by molar-refractivity contribution is 0.0689. The molecular formula is C30H57NSSi. The van der Waals surface area contributed by atoms with Gasteiger partial charge in [-0.15, -0.1) is 0 Å². The Morgan fingerprint density at radius 3 is 1.97 bits per heavy atom. The van der Waals surface area contributed by atoms with Gasteiger partial charge in [0.25, 0.3) is 0 Å². The van der Waals surface area contributed by atoms with E-state index >= 15 is 0 Å². The second-order valence-corrected chi connectivity index (χ2v) is 21.0. The first-order valence-corrected chi connectivity index (χ1v) is 18.7. The molecule has 3 aliphatic carbocycles. The van der Waals surface area contributed by atoms with E-state index in [1.807, 2.05) is 0 Å². The summed E-state index contributed by atoms with van der Waals surface area (Å²) < 4.78 is 3.06. The highest BCUT2D eigenvalue weighted by Crippen LogP contribution is 2.68. The van der Waals surface area contributed by atoms with E-state index in [4.69, 9.17) is 0 Å². The Morgan fingerprint density at radius 2 is 1.42 bits per heavy atom. The first-order chi connectivity index (χ1) is 15.2. The molecule has 1 aliphatic heterocycles. The Bertz CT molecular complexity index is 674. The summed E-state index contributed by atoms with van der Waals surface area (Å²) in [5, 5.41) is 1.95. The van der Waals surface area contributed by atoms with Crippen LogP contribution in [0, 0.1) is 41.4 Å². The third kappa shape index (κ3) is 4.45. The lowest BCUT2D eigenvalue weighted by atomic mass is 9.60. The number of nitrogens with zero attached hydrogens (tertiary/aromatic N) is 1. The maximum Gasteiger partial charge on any atom is 0.126 e. The van der Waals surface area contributed by atoms with Crippen LogP contribution in [0.3, 0.4) is 0 Å². The van der Waals surface area contributed by atoms with Crippen molar-refractivity contribution in [2.45, 2.75) is 147 Å². The van der Waals surface area contributed by atoms with E-state index < -0.39 is 8.24 Å². The Balaban J connectivity index is 1.76. The molecule has 10 atom stereocenters. The van der Waals surface area contributed by atoms with Crippen LogP contribution in [0.2, 0.25) is 18.6 Å². The van der Waals surface area contributed by atoms with Gasteiger partial charge in [0.15, 0.2) is 0 Å². The van der Waals surface area contributed by atoms with Gasteiger partial charge in [0, 0.05) is 21.6 Å². The van der Waals surface area contributed by atoms with Gasteiger partial charge < -0.3 is 4.57 Å². The predicted molar refractivity (Wildman–Crippen MR) is 152 cm³/mol. The minimum absolute atomic E-state index is 0.233. The van der Waals surface area contributed by atoms with Gasteiger partial charge in [0.1, 0.15) is 8.24 Å². The van der Waals surface area contributed by atoms with Crippen molar-refractivity contribution in [2.24, 2.45) is 41.4 Å². The molecule has 4 rings (SSSR count). The summed E-state index contributed by atoms with van der Waals surface area (Å²) in [7, 11) is -1.69. The highest BCUT2D eigenvalue weighted by atomic mass is 32.2. The summed E-state index contributed by atoms with van der Waals surface area (Å²) in [4.78, 5) is 0. The quantitative estimate of drug-likeness (QED) is 0.361. The van der Waals surface area contributed by atoms with Crippen LogP contribution >= 0.6 is 11.8 Å². The van der Waals surface area contributed by atoms with Gasteiger partial charge in [0.2, 0.25) is 0 Å². The summed E-state index contributed by atoms with van der Waals surface area (Å²) in [5.74, 6) is 6.93. The largest absolute Gasteiger partial charge is 0.314 e. The molecule has 0 aromatic carbocycles. The number of hydrogen-bond acceptors (Lipinski definition) is 2. The van der Waals surface area contributed by atoms with Crippen LogP contribution in [0.5, 0.6) is 0 Å². The van der Waals surface area contributed by atoms with Crippen LogP contribution in [-0.2, 0) is 0 Å². The summed E-state index contributed by atoms with van der Waals surface area (Å²) >= 11 is 2.53. The fourth-order valence-electron chi connectivity index (χ4n) is 11.0. The van der Waals surface area contributed by atoms with E-state index in [0.29, 0.717) is 0 Å². The van der Waals surface area contributed by atoms with Gasteiger partial charge in [-0.1, -0.05) is 53.1 Å². The van der Waals surface area contributed by atoms with Crippen molar-refractivity contribution in [3.63, 3.8) is 0 Å². The standard InChI is InChI=1S/C30H57NSSi/c1-12-20-15-14-16-23-25-24-22(18-21(13-2)27(25)32-26(20)23)17-19(3)28(24)33(10,11)31(29(4,5)6)30(7,8)9/h19-28H,12-18H2,1-11H3. The molecule has 1 nitrogen and oxygen atoms in total. The molecule has 3 heteroatoms. The molecule has 0 radical (unpaired) electrons. The van der Waals surface area contributed by atoms with Gasteiger partial charge in [-0.3, -0.25) is 0 Å². The average molecular weight is 492 g/mol. The third-order valence-corrected chi connectivity index (χ3v) is 17.9. The molecule has 0 aromatic heterocycles. The van der Waals surface area contributed by atoms with Gasteiger partial charge in [-0.25, -0.2) is 0 Å². The highest BCUT2D eigenvalue weighted by Gasteiger charge is 2.64. The molecule has 1 saturated heterocycles. The van der Waals surface area contributed by atoms with E-state index in [-0.39, 0.29) is 11.1 Å². The lowest BCUT2D eigenvalue weighted by Gasteiger charge is -2.59. The van der Waals surface area contributed by atoms with Crippen LogP contribution in [0.1, 0.15) is 107 Å². The first kappa shape index (κ1) is 26.6. The molecule has 0 amide bonds.